The Morgan fingerprint density at radius 3 is 2.89 bits per heavy atom. The molecule has 0 saturated heterocycles. The Labute approximate surface area is 116 Å². The summed E-state index contributed by atoms with van der Waals surface area (Å²) < 4.78 is 11.3. The van der Waals surface area contributed by atoms with Gasteiger partial charge in [0.2, 0.25) is 0 Å². The molecule has 0 radical (unpaired) electrons. The molecule has 7 heteroatoms. The number of hydrogen-bond acceptors (Lipinski definition) is 6. The molecule has 2 N–H and O–H groups in total. The van der Waals surface area contributed by atoms with Gasteiger partial charge in [0, 0.05) is 6.54 Å². The molecule has 0 aliphatic heterocycles. The van der Waals surface area contributed by atoms with Crippen LogP contribution in [0.2, 0.25) is 0 Å². The quantitative estimate of drug-likeness (QED) is 0.873. The predicted molar refractivity (Wildman–Crippen MR) is 74.4 cm³/mol. The van der Waals surface area contributed by atoms with Gasteiger partial charge in [0.1, 0.15) is 5.69 Å². The summed E-state index contributed by atoms with van der Waals surface area (Å²) in [6.45, 7) is 4.97. The second-order valence-electron chi connectivity index (χ2n) is 4.24. The third-order valence-electron chi connectivity index (χ3n) is 3.00. The predicted octanol–water partition coefficient (Wildman–Crippen LogP) is 1.76. The highest BCUT2D eigenvalue weighted by molar-refractivity contribution is 7.05. The van der Waals surface area contributed by atoms with Crippen LogP contribution in [-0.2, 0) is 13.0 Å². The third-order valence-corrected chi connectivity index (χ3v) is 3.85. The molecule has 2 aromatic rings. The fourth-order valence-electron chi connectivity index (χ4n) is 2.06. The van der Waals surface area contributed by atoms with Crippen LogP contribution in [0, 0.1) is 0 Å². The molecule has 1 unspecified atom stereocenters. The fraction of sp³-hybridized carbons (Fsp3) is 0.583. The Bertz CT molecular complexity index is 536. The van der Waals surface area contributed by atoms with Crippen molar-refractivity contribution in [3.63, 3.8) is 0 Å². The standard InChI is InChI=1S/C12H19N5OS/c1-4-6-17-11(9(18-3)7-14-17)10(13)12-8(5-2)15-16-19-12/h7,10H,4-6,13H2,1-3H3. The third kappa shape index (κ3) is 2.62. The van der Waals surface area contributed by atoms with Crippen LogP contribution in [0.3, 0.4) is 0 Å². The average molecular weight is 281 g/mol. The van der Waals surface area contributed by atoms with Gasteiger partial charge < -0.3 is 10.5 Å². The second kappa shape index (κ2) is 6.12. The maximum atomic E-state index is 6.38. The largest absolute Gasteiger partial charge is 0.493 e. The summed E-state index contributed by atoms with van der Waals surface area (Å²) in [6, 6.07) is -0.293. The molecule has 2 rings (SSSR count). The van der Waals surface area contributed by atoms with Crippen LogP contribution >= 0.6 is 11.5 Å². The Balaban J connectivity index is 2.42. The minimum absolute atomic E-state index is 0.293. The first kappa shape index (κ1) is 14.0. The molecular formula is C12H19N5OS. The summed E-state index contributed by atoms with van der Waals surface area (Å²) in [5, 5.41) is 8.45. The number of nitrogens with zero attached hydrogens (tertiary/aromatic N) is 4. The minimum Gasteiger partial charge on any atom is -0.493 e. The van der Waals surface area contributed by atoms with Gasteiger partial charge in [-0.1, -0.05) is 18.3 Å². The normalized spacial score (nSPS) is 12.6. The van der Waals surface area contributed by atoms with E-state index in [4.69, 9.17) is 10.5 Å². The summed E-state index contributed by atoms with van der Waals surface area (Å²) in [6.07, 6.45) is 3.53. The van der Waals surface area contributed by atoms with Crippen molar-refractivity contribution >= 4 is 11.5 Å². The van der Waals surface area contributed by atoms with Crippen molar-refractivity contribution in [2.24, 2.45) is 5.73 Å². The van der Waals surface area contributed by atoms with Crippen LogP contribution < -0.4 is 10.5 Å². The molecule has 2 aromatic heterocycles. The van der Waals surface area contributed by atoms with Gasteiger partial charge in [0.25, 0.3) is 0 Å². The summed E-state index contributed by atoms with van der Waals surface area (Å²) in [5.41, 5.74) is 8.22. The molecule has 0 aliphatic carbocycles. The average Bonchev–Trinajstić information content (AvgIpc) is 3.04. The fourth-order valence-corrected chi connectivity index (χ4v) is 2.80. The maximum absolute atomic E-state index is 6.38. The zero-order valence-electron chi connectivity index (χ0n) is 11.5. The van der Waals surface area contributed by atoms with Gasteiger partial charge in [-0.25, -0.2) is 0 Å². The summed E-state index contributed by atoms with van der Waals surface area (Å²) in [4.78, 5) is 0.985. The number of ether oxygens (including phenoxy) is 1. The van der Waals surface area contributed by atoms with Crippen molar-refractivity contribution in [2.75, 3.05) is 7.11 Å². The molecule has 6 nitrogen and oxygen atoms in total. The first-order valence-electron chi connectivity index (χ1n) is 6.39. The van der Waals surface area contributed by atoms with E-state index in [9.17, 15) is 0 Å². The van der Waals surface area contributed by atoms with E-state index in [-0.39, 0.29) is 6.04 Å². The summed E-state index contributed by atoms with van der Waals surface area (Å²) in [5.74, 6) is 0.719. The van der Waals surface area contributed by atoms with Gasteiger partial charge >= 0.3 is 0 Å². The van der Waals surface area contributed by atoms with E-state index in [2.05, 4.69) is 21.6 Å². The second-order valence-corrected chi connectivity index (χ2v) is 5.02. The number of methoxy groups -OCH3 is 1. The van der Waals surface area contributed by atoms with Crippen LogP contribution in [-0.4, -0.2) is 26.5 Å². The molecular weight excluding hydrogens is 262 g/mol. The van der Waals surface area contributed by atoms with Crippen molar-refractivity contribution in [1.29, 1.82) is 0 Å². The molecule has 0 aliphatic rings. The molecule has 0 aromatic carbocycles. The van der Waals surface area contributed by atoms with Gasteiger partial charge in [0.15, 0.2) is 5.75 Å². The number of nitrogens with two attached hydrogens (primary N) is 1. The molecule has 19 heavy (non-hydrogen) atoms. The Kier molecular flexibility index (Phi) is 4.49. The van der Waals surface area contributed by atoms with Crippen molar-refractivity contribution in [1.82, 2.24) is 19.4 Å². The van der Waals surface area contributed by atoms with Gasteiger partial charge in [-0.15, -0.1) is 5.10 Å². The zero-order valence-corrected chi connectivity index (χ0v) is 12.3. The first-order valence-corrected chi connectivity index (χ1v) is 7.16. The Hall–Kier alpha value is -1.47. The van der Waals surface area contributed by atoms with Crippen LogP contribution in [0.5, 0.6) is 5.75 Å². The molecule has 0 saturated carbocycles. The van der Waals surface area contributed by atoms with Gasteiger partial charge in [0.05, 0.1) is 29.9 Å². The number of aryl methyl sites for hydroxylation is 2. The minimum atomic E-state index is -0.293. The van der Waals surface area contributed by atoms with Gasteiger partial charge in [-0.2, -0.15) is 5.10 Å². The van der Waals surface area contributed by atoms with E-state index in [0.717, 1.165) is 41.4 Å². The van der Waals surface area contributed by atoms with Crippen LogP contribution in [0.4, 0.5) is 0 Å². The Morgan fingerprint density at radius 2 is 2.26 bits per heavy atom. The molecule has 0 bridgehead atoms. The number of rotatable bonds is 6. The van der Waals surface area contributed by atoms with E-state index in [1.165, 1.54) is 11.5 Å². The molecule has 2 heterocycles. The van der Waals surface area contributed by atoms with Crippen molar-refractivity contribution in [3.05, 3.63) is 22.5 Å². The number of hydrogen-bond donors (Lipinski definition) is 1. The lowest BCUT2D eigenvalue weighted by molar-refractivity contribution is 0.404. The van der Waals surface area contributed by atoms with Crippen molar-refractivity contribution in [3.8, 4) is 5.75 Å². The van der Waals surface area contributed by atoms with E-state index < -0.39 is 0 Å². The molecule has 0 amide bonds. The van der Waals surface area contributed by atoms with E-state index >= 15 is 0 Å². The molecule has 0 spiro atoms. The van der Waals surface area contributed by atoms with Crippen molar-refractivity contribution in [2.45, 2.75) is 39.3 Å². The SMILES string of the molecule is CCCn1ncc(OC)c1C(N)c1snnc1CC. The van der Waals surface area contributed by atoms with Crippen LogP contribution in [0.1, 0.15) is 42.6 Å². The molecule has 0 fully saturated rings. The molecule has 104 valence electrons. The smallest absolute Gasteiger partial charge is 0.161 e. The lowest BCUT2D eigenvalue weighted by Crippen LogP contribution is -2.18. The first-order chi connectivity index (χ1) is 9.22. The Morgan fingerprint density at radius 1 is 1.47 bits per heavy atom. The van der Waals surface area contributed by atoms with E-state index in [1.807, 2.05) is 11.6 Å². The summed E-state index contributed by atoms with van der Waals surface area (Å²) in [7, 11) is 1.63. The lowest BCUT2D eigenvalue weighted by Gasteiger charge is -2.14. The highest BCUT2D eigenvalue weighted by atomic mass is 32.1. The monoisotopic (exact) mass is 281 g/mol. The van der Waals surface area contributed by atoms with E-state index in [1.54, 1.807) is 13.3 Å². The highest BCUT2D eigenvalue weighted by Crippen LogP contribution is 2.31. The van der Waals surface area contributed by atoms with Gasteiger partial charge in [-0.05, 0) is 24.4 Å². The van der Waals surface area contributed by atoms with Gasteiger partial charge in [-0.3, -0.25) is 4.68 Å². The highest BCUT2D eigenvalue weighted by Gasteiger charge is 2.24. The topological polar surface area (TPSA) is 78.9 Å². The lowest BCUT2D eigenvalue weighted by atomic mass is 10.1. The maximum Gasteiger partial charge on any atom is 0.161 e. The van der Waals surface area contributed by atoms with Crippen molar-refractivity contribution < 1.29 is 4.74 Å². The number of aromatic nitrogens is 4. The van der Waals surface area contributed by atoms with E-state index in [0.29, 0.717) is 0 Å². The summed E-state index contributed by atoms with van der Waals surface area (Å²) >= 11 is 1.34. The zero-order chi connectivity index (χ0) is 13.8. The van der Waals surface area contributed by atoms with Crippen LogP contribution in [0.25, 0.3) is 0 Å². The van der Waals surface area contributed by atoms with Crippen LogP contribution in [0.15, 0.2) is 6.20 Å². The molecule has 1 atom stereocenters.